The van der Waals surface area contributed by atoms with Crippen LogP contribution >= 0.6 is 11.6 Å². The van der Waals surface area contributed by atoms with Gasteiger partial charge in [0.05, 0.1) is 24.2 Å². The summed E-state index contributed by atoms with van der Waals surface area (Å²) in [6, 6.07) is 12.9. The van der Waals surface area contributed by atoms with Crippen molar-refractivity contribution in [1.29, 1.82) is 0 Å². The number of esters is 1. The van der Waals surface area contributed by atoms with E-state index in [1.54, 1.807) is 12.1 Å². The molecule has 6 nitrogen and oxygen atoms in total. The fourth-order valence-corrected chi connectivity index (χ4v) is 3.98. The minimum atomic E-state index is -0.217. The van der Waals surface area contributed by atoms with Crippen LogP contribution in [0.4, 0.5) is 0 Å². The summed E-state index contributed by atoms with van der Waals surface area (Å²) in [4.78, 5) is 33.8. The van der Waals surface area contributed by atoms with E-state index in [1.165, 1.54) is 7.11 Å². The number of aromatic nitrogens is 2. The quantitative estimate of drug-likeness (QED) is 0.570. The van der Waals surface area contributed by atoms with Gasteiger partial charge in [0.2, 0.25) is 0 Å². The Bertz CT molecular complexity index is 1120. The van der Waals surface area contributed by atoms with Gasteiger partial charge in [-0.05, 0) is 55.7 Å². The molecule has 1 aliphatic rings. The molecule has 1 aromatic heterocycles. The van der Waals surface area contributed by atoms with Gasteiger partial charge in [-0.1, -0.05) is 31.0 Å². The van der Waals surface area contributed by atoms with Gasteiger partial charge in [-0.15, -0.1) is 0 Å². The smallest absolute Gasteiger partial charge is 0.308 e. The van der Waals surface area contributed by atoms with E-state index in [1.807, 2.05) is 30.3 Å². The lowest BCUT2D eigenvalue weighted by Crippen LogP contribution is -2.47. The highest BCUT2D eigenvalue weighted by atomic mass is 35.5. The van der Waals surface area contributed by atoms with E-state index in [-0.39, 0.29) is 23.8 Å². The molecule has 0 atom stereocenters. The van der Waals surface area contributed by atoms with Gasteiger partial charge >= 0.3 is 5.97 Å². The lowest BCUT2D eigenvalue weighted by molar-refractivity contribution is -0.149. The first-order valence-electron chi connectivity index (χ1n) is 10.4. The van der Waals surface area contributed by atoms with Crippen molar-refractivity contribution in [2.45, 2.75) is 38.6 Å². The van der Waals surface area contributed by atoms with E-state index in [0.29, 0.717) is 29.3 Å². The molecule has 7 heteroatoms. The van der Waals surface area contributed by atoms with Crippen molar-refractivity contribution < 1.29 is 14.3 Å². The lowest BCUT2D eigenvalue weighted by Gasteiger charge is -2.33. The Morgan fingerprint density at radius 2 is 1.87 bits per heavy atom. The minimum absolute atomic E-state index is 0.0158. The number of carbonyl (C=O) groups is 2. The van der Waals surface area contributed by atoms with Crippen molar-refractivity contribution >= 4 is 34.4 Å². The second-order valence-electron chi connectivity index (χ2n) is 7.84. The summed E-state index contributed by atoms with van der Waals surface area (Å²) in [6.07, 6.45) is 2.99. The molecule has 3 aromatic rings. The molecule has 160 valence electrons. The summed E-state index contributed by atoms with van der Waals surface area (Å²) in [6.45, 7) is 2.11. The third-order valence-corrected chi connectivity index (χ3v) is 5.89. The molecule has 31 heavy (non-hydrogen) atoms. The molecule has 0 aliphatic heterocycles. The number of nitrogens with one attached hydrogen (secondary N) is 1. The fraction of sp³-hybridized carbons (Fsp3) is 0.333. The topological polar surface area (TPSA) is 81.2 Å². The Morgan fingerprint density at radius 1 is 1.13 bits per heavy atom. The number of nitrogens with zero attached hydrogens (tertiary/aromatic N) is 2. The molecular weight excluding hydrogens is 414 g/mol. The number of fused-ring (bicyclic) bond motifs is 1. The van der Waals surface area contributed by atoms with Crippen LogP contribution in [0.2, 0.25) is 5.02 Å². The molecule has 0 radical (unpaired) electrons. The van der Waals surface area contributed by atoms with Crippen molar-refractivity contribution in [3.8, 4) is 11.4 Å². The average molecular weight is 438 g/mol. The highest BCUT2D eigenvalue weighted by Crippen LogP contribution is 2.29. The highest BCUT2D eigenvalue weighted by molar-refractivity contribution is 6.30. The van der Waals surface area contributed by atoms with Crippen LogP contribution in [0.1, 0.15) is 42.2 Å². The van der Waals surface area contributed by atoms with E-state index in [9.17, 15) is 9.59 Å². The van der Waals surface area contributed by atoms with E-state index in [4.69, 9.17) is 26.3 Å². The first-order chi connectivity index (χ1) is 15.0. The van der Waals surface area contributed by atoms with Gasteiger partial charge < -0.3 is 10.1 Å². The van der Waals surface area contributed by atoms with Crippen molar-refractivity contribution in [2.24, 2.45) is 5.92 Å². The Morgan fingerprint density at radius 3 is 2.55 bits per heavy atom. The Hall–Kier alpha value is -2.99. The van der Waals surface area contributed by atoms with Gasteiger partial charge in [-0.25, -0.2) is 9.97 Å². The van der Waals surface area contributed by atoms with Crippen LogP contribution in [-0.4, -0.2) is 35.0 Å². The third-order valence-electron chi connectivity index (χ3n) is 5.64. The van der Waals surface area contributed by atoms with Gasteiger partial charge in [0.25, 0.3) is 5.91 Å². The fourth-order valence-electron chi connectivity index (χ4n) is 3.86. The summed E-state index contributed by atoms with van der Waals surface area (Å²) < 4.78 is 4.75. The SMILES string of the molecule is CCCc1nc(-c2ccc(Cl)cc2)nc2cc(C(=O)NC3CC(C(=O)OC)C3)ccc12. The molecule has 1 fully saturated rings. The number of carbonyl (C=O) groups excluding carboxylic acids is 2. The standard InChI is InChI=1S/C24H24ClN3O3/c1-3-4-20-19-10-7-15(23(29)26-18-11-16(12-18)24(30)31-2)13-21(19)28-22(27-20)14-5-8-17(25)9-6-14/h5-10,13,16,18H,3-4,11-12H2,1-2H3,(H,26,29). The van der Waals surface area contributed by atoms with Crippen molar-refractivity contribution in [3.63, 3.8) is 0 Å². The van der Waals surface area contributed by atoms with Crippen LogP contribution in [0.15, 0.2) is 42.5 Å². The highest BCUT2D eigenvalue weighted by Gasteiger charge is 2.36. The lowest BCUT2D eigenvalue weighted by atomic mass is 9.80. The van der Waals surface area contributed by atoms with Gasteiger partial charge in [-0.3, -0.25) is 9.59 Å². The van der Waals surface area contributed by atoms with Crippen molar-refractivity contribution in [2.75, 3.05) is 7.11 Å². The molecule has 0 bridgehead atoms. The third kappa shape index (κ3) is 4.54. The van der Waals surface area contributed by atoms with Crippen LogP contribution in [0.3, 0.4) is 0 Å². The van der Waals surface area contributed by atoms with Crippen LogP contribution in [0, 0.1) is 5.92 Å². The maximum atomic E-state index is 12.8. The van der Waals surface area contributed by atoms with Gasteiger partial charge in [0, 0.05) is 27.6 Å². The minimum Gasteiger partial charge on any atom is -0.469 e. The Labute approximate surface area is 186 Å². The van der Waals surface area contributed by atoms with Crippen LogP contribution in [0.25, 0.3) is 22.3 Å². The monoisotopic (exact) mass is 437 g/mol. The van der Waals surface area contributed by atoms with Gasteiger partial charge in [-0.2, -0.15) is 0 Å². The average Bonchev–Trinajstić information content (AvgIpc) is 2.75. The van der Waals surface area contributed by atoms with E-state index >= 15 is 0 Å². The largest absolute Gasteiger partial charge is 0.469 e. The predicted octanol–water partition coefficient (Wildman–Crippen LogP) is 4.58. The molecule has 1 heterocycles. The molecule has 1 aliphatic carbocycles. The molecule has 0 unspecified atom stereocenters. The summed E-state index contributed by atoms with van der Waals surface area (Å²) in [5.74, 6) is 0.105. The normalized spacial score (nSPS) is 17.8. The van der Waals surface area contributed by atoms with E-state index in [0.717, 1.165) is 35.0 Å². The first-order valence-corrected chi connectivity index (χ1v) is 10.8. The summed E-state index contributed by atoms with van der Waals surface area (Å²) in [7, 11) is 1.39. The molecule has 1 saturated carbocycles. The van der Waals surface area contributed by atoms with Crippen LogP contribution in [-0.2, 0) is 16.0 Å². The van der Waals surface area contributed by atoms with Crippen LogP contribution < -0.4 is 5.32 Å². The molecule has 0 spiro atoms. The molecule has 2 aromatic carbocycles. The van der Waals surface area contributed by atoms with Crippen LogP contribution in [0.5, 0.6) is 0 Å². The number of halogens is 1. The Kier molecular flexibility index (Phi) is 6.18. The number of amides is 1. The first kappa shape index (κ1) is 21.2. The molecular formula is C24H24ClN3O3. The van der Waals surface area contributed by atoms with Gasteiger partial charge in [0.15, 0.2) is 5.82 Å². The van der Waals surface area contributed by atoms with Crippen molar-refractivity contribution in [3.05, 3.63) is 58.7 Å². The zero-order valence-electron chi connectivity index (χ0n) is 17.5. The van der Waals surface area contributed by atoms with E-state index in [2.05, 4.69) is 12.2 Å². The second kappa shape index (κ2) is 9.02. The number of ether oxygens (including phenoxy) is 1. The molecule has 4 rings (SSSR count). The maximum Gasteiger partial charge on any atom is 0.308 e. The summed E-state index contributed by atoms with van der Waals surface area (Å²) >= 11 is 6.01. The summed E-state index contributed by atoms with van der Waals surface area (Å²) in [5.41, 5.74) is 3.11. The predicted molar refractivity (Wildman–Crippen MR) is 120 cm³/mol. The molecule has 1 N–H and O–H groups in total. The number of hydrogen-bond acceptors (Lipinski definition) is 5. The van der Waals surface area contributed by atoms with Crippen molar-refractivity contribution in [1.82, 2.24) is 15.3 Å². The number of aryl methyl sites for hydroxylation is 1. The number of rotatable bonds is 6. The Balaban J connectivity index is 1.60. The summed E-state index contributed by atoms with van der Waals surface area (Å²) in [5, 5.41) is 4.60. The number of hydrogen-bond donors (Lipinski definition) is 1. The zero-order valence-corrected chi connectivity index (χ0v) is 18.3. The second-order valence-corrected chi connectivity index (χ2v) is 8.28. The number of benzene rings is 2. The maximum absolute atomic E-state index is 12.8. The number of methoxy groups -OCH3 is 1. The molecule has 0 saturated heterocycles. The van der Waals surface area contributed by atoms with E-state index < -0.39 is 0 Å². The zero-order chi connectivity index (χ0) is 22.0. The van der Waals surface area contributed by atoms with Gasteiger partial charge in [0.1, 0.15) is 0 Å². The molecule has 1 amide bonds.